The molecule has 1 atom stereocenters. The number of nitrogens with zero attached hydrogens (tertiary/aromatic N) is 1. The molecule has 0 aromatic heterocycles. The van der Waals surface area contributed by atoms with E-state index in [1.165, 1.54) is 12.1 Å². The smallest absolute Gasteiger partial charge is 0.290 e. The molecule has 2 aromatic carbocycles. The molecule has 1 heterocycles. The number of amidine groups is 1. The van der Waals surface area contributed by atoms with Crippen molar-refractivity contribution in [3.8, 4) is 0 Å². The standard InChI is InChI=1S/C17H15FN2O/c1-19-17-20-15(12-7-9-14(18)10-8-12)11-16(21-17)13-5-3-2-4-6-13/h2-11,15H,1H3,(H,19,20). The second kappa shape index (κ2) is 5.79. The summed E-state index contributed by atoms with van der Waals surface area (Å²) < 4.78 is 18.8. The molecule has 21 heavy (non-hydrogen) atoms. The van der Waals surface area contributed by atoms with Crippen LogP contribution in [0.4, 0.5) is 4.39 Å². The molecule has 0 saturated heterocycles. The molecule has 1 aliphatic heterocycles. The fourth-order valence-corrected chi connectivity index (χ4v) is 2.21. The Kier molecular flexibility index (Phi) is 3.69. The minimum Gasteiger partial charge on any atom is -0.426 e. The zero-order valence-electron chi connectivity index (χ0n) is 11.6. The summed E-state index contributed by atoms with van der Waals surface area (Å²) in [5, 5.41) is 3.17. The zero-order chi connectivity index (χ0) is 14.7. The number of benzene rings is 2. The lowest BCUT2D eigenvalue weighted by Crippen LogP contribution is -2.33. The van der Waals surface area contributed by atoms with Gasteiger partial charge in [0, 0.05) is 12.6 Å². The molecule has 4 heteroatoms. The maximum atomic E-state index is 13.1. The summed E-state index contributed by atoms with van der Waals surface area (Å²) in [5.41, 5.74) is 1.93. The van der Waals surface area contributed by atoms with Gasteiger partial charge in [-0.05, 0) is 23.8 Å². The highest BCUT2D eigenvalue weighted by Gasteiger charge is 2.21. The molecule has 0 radical (unpaired) electrons. The molecule has 106 valence electrons. The van der Waals surface area contributed by atoms with Crippen LogP contribution in [-0.2, 0) is 4.74 Å². The summed E-state index contributed by atoms with van der Waals surface area (Å²) >= 11 is 0. The maximum absolute atomic E-state index is 13.1. The largest absolute Gasteiger partial charge is 0.426 e. The number of nitrogens with one attached hydrogen (secondary N) is 1. The fourth-order valence-electron chi connectivity index (χ4n) is 2.21. The van der Waals surface area contributed by atoms with Crippen molar-refractivity contribution in [3.05, 3.63) is 77.6 Å². The van der Waals surface area contributed by atoms with Crippen LogP contribution >= 0.6 is 0 Å². The highest BCUT2D eigenvalue weighted by molar-refractivity contribution is 5.84. The van der Waals surface area contributed by atoms with Gasteiger partial charge in [-0.25, -0.2) is 9.38 Å². The number of aliphatic imine (C=N–C) groups is 1. The van der Waals surface area contributed by atoms with Crippen molar-refractivity contribution in [3.63, 3.8) is 0 Å². The van der Waals surface area contributed by atoms with Gasteiger partial charge in [-0.15, -0.1) is 0 Å². The van der Waals surface area contributed by atoms with E-state index in [2.05, 4.69) is 10.3 Å². The first kappa shape index (κ1) is 13.4. The van der Waals surface area contributed by atoms with E-state index in [-0.39, 0.29) is 11.9 Å². The van der Waals surface area contributed by atoms with Gasteiger partial charge in [0.1, 0.15) is 11.6 Å². The Morgan fingerprint density at radius 1 is 1.05 bits per heavy atom. The van der Waals surface area contributed by atoms with Crippen LogP contribution in [0.5, 0.6) is 0 Å². The van der Waals surface area contributed by atoms with Gasteiger partial charge in [0.25, 0.3) is 6.02 Å². The molecule has 1 N–H and O–H groups in total. The zero-order valence-corrected chi connectivity index (χ0v) is 11.6. The van der Waals surface area contributed by atoms with Crippen LogP contribution in [0.2, 0.25) is 0 Å². The Balaban J connectivity index is 1.98. The first-order chi connectivity index (χ1) is 10.3. The summed E-state index contributed by atoms with van der Waals surface area (Å²) in [7, 11) is 1.66. The van der Waals surface area contributed by atoms with Crippen LogP contribution in [0.1, 0.15) is 17.2 Å². The van der Waals surface area contributed by atoms with Crippen LogP contribution in [0.15, 0.2) is 65.7 Å². The second-order valence-corrected chi connectivity index (χ2v) is 4.70. The van der Waals surface area contributed by atoms with Crippen LogP contribution in [0.3, 0.4) is 0 Å². The fraction of sp³-hybridized carbons (Fsp3) is 0.118. The van der Waals surface area contributed by atoms with Crippen molar-refractivity contribution in [1.29, 1.82) is 0 Å². The van der Waals surface area contributed by atoms with Crippen LogP contribution < -0.4 is 5.32 Å². The van der Waals surface area contributed by atoms with E-state index in [1.54, 1.807) is 19.2 Å². The van der Waals surface area contributed by atoms with Crippen LogP contribution in [0.25, 0.3) is 5.76 Å². The lowest BCUT2D eigenvalue weighted by atomic mass is 10.0. The van der Waals surface area contributed by atoms with Crippen LogP contribution in [0, 0.1) is 5.82 Å². The Bertz CT molecular complexity index is 678. The molecule has 2 aromatic rings. The molecule has 0 spiro atoms. The van der Waals surface area contributed by atoms with Crippen molar-refractivity contribution in [2.24, 2.45) is 4.99 Å². The Morgan fingerprint density at radius 3 is 2.43 bits per heavy atom. The molecule has 1 aliphatic rings. The third kappa shape index (κ3) is 2.94. The van der Waals surface area contributed by atoms with E-state index in [0.717, 1.165) is 16.9 Å². The minimum absolute atomic E-state index is 0.103. The molecule has 1 unspecified atom stereocenters. The minimum atomic E-state index is -0.248. The normalized spacial score (nSPS) is 19.6. The molecular weight excluding hydrogens is 267 g/mol. The summed E-state index contributed by atoms with van der Waals surface area (Å²) in [5.74, 6) is 0.492. The molecule has 0 saturated carbocycles. The van der Waals surface area contributed by atoms with Crippen molar-refractivity contribution >= 4 is 11.8 Å². The van der Waals surface area contributed by atoms with E-state index in [9.17, 15) is 4.39 Å². The Hall–Kier alpha value is -2.62. The molecule has 0 aliphatic carbocycles. The van der Waals surface area contributed by atoms with Gasteiger partial charge < -0.3 is 10.1 Å². The Morgan fingerprint density at radius 2 is 1.76 bits per heavy atom. The van der Waals surface area contributed by atoms with Gasteiger partial charge in [0.05, 0.1) is 6.04 Å². The van der Waals surface area contributed by atoms with Gasteiger partial charge in [0.2, 0.25) is 0 Å². The van der Waals surface area contributed by atoms with E-state index < -0.39 is 0 Å². The predicted molar refractivity (Wildman–Crippen MR) is 81.1 cm³/mol. The SMILES string of the molecule is CN=C1NC(c2ccc(F)cc2)C=C(c2ccccc2)O1. The number of rotatable bonds is 2. The quantitative estimate of drug-likeness (QED) is 0.914. The van der Waals surface area contributed by atoms with Crippen molar-refractivity contribution < 1.29 is 9.13 Å². The molecule has 3 nitrogen and oxygen atoms in total. The first-order valence-corrected chi connectivity index (χ1v) is 6.70. The number of halogens is 1. The van der Waals surface area contributed by atoms with Crippen molar-refractivity contribution in [2.45, 2.75) is 6.04 Å². The first-order valence-electron chi connectivity index (χ1n) is 6.70. The van der Waals surface area contributed by atoms with Gasteiger partial charge in [0.15, 0.2) is 0 Å². The maximum Gasteiger partial charge on any atom is 0.290 e. The average Bonchev–Trinajstić information content (AvgIpc) is 2.56. The summed E-state index contributed by atoms with van der Waals surface area (Å²) in [6.07, 6.45) is 1.97. The van der Waals surface area contributed by atoms with E-state index >= 15 is 0 Å². The third-order valence-corrected chi connectivity index (χ3v) is 3.29. The molecule has 3 rings (SSSR count). The number of hydrogen-bond donors (Lipinski definition) is 1. The molecule has 0 amide bonds. The second-order valence-electron chi connectivity index (χ2n) is 4.70. The highest BCUT2D eigenvalue weighted by Crippen LogP contribution is 2.26. The van der Waals surface area contributed by atoms with Gasteiger partial charge >= 0.3 is 0 Å². The lowest BCUT2D eigenvalue weighted by molar-refractivity contribution is 0.442. The predicted octanol–water partition coefficient (Wildman–Crippen LogP) is 3.51. The summed E-state index contributed by atoms with van der Waals surface area (Å²) in [6.45, 7) is 0. The molecular formula is C17H15FN2O. The summed E-state index contributed by atoms with van der Waals surface area (Å²) in [4.78, 5) is 4.08. The number of ether oxygens (including phenoxy) is 1. The van der Waals surface area contributed by atoms with E-state index in [4.69, 9.17) is 4.74 Å². The van der Waals surface area contributed by atoms with Gasteiger partial charge in [-0.1, -0.05) is 42.5 Å². The Labute approximate surface area is 122 Å². The average molecular weight is 282 g/mol. The third-order valence-electron chi connectivity index (χ3n) is 3.29. The van der Waals surface area contributed by atoms with Crippen molar-refractivity contribution in [1.82, 2.24) is 5.32 Å². The highest BCUT2D eigenvalue weighted by atomic mass is 19.1. The van der Waals surface area contributed by atoms with Crippen molar-refractivity contribution in [2.75, 3.05) is 7.05 Å². The van der Waals surface area contributed by atoms with Gasteiger partial charge in [-0.3, -0.25) is 0 Å². The topological polar surface area (TPSA) is 33.6 Å². The lowest BCUT2D eigenvalue weighted by Gasteiger charge is -2.25. The van der Waals surface area contributed by atoms with Gasteiger partial charge in [-0.2, -0.15) is 0 Å². The number of hydrogen-bond acceptors (Lipinski definition) is 2. The molecule has 0 fully saturated rings. The summed E-state index contributed by atoms with van der Waals surface area (Å²) in [6, 6.07) is 16.6. The monoisotopic (exact) mass is 282 g/mol. The van der Waals surface area contributed by atoms with Crippen LogP contribution in [-0.4, -0.2) is 13.1 Å². The molecule has 0 bridgehead atoms. The van der Waals surface area contributed by atoms with E-state index in [0.29, 0.717) is 6.02 Å². The van der Waals surface area contributed by atoms with E-state index in [1.807, 2.05) is 36.4 Å².